The molecular weight excluding hydrogens is 464 g/mol. The lowest BCUT2D eigenvalue weighted by Crippen LogP contribution is -2.59. The van der Waals surface area contributed by atoms with Gasteiger partial charge in [-0.1, -0.05) is 13.8 Å². The fourth-order valence-corrected chi connectivity index (χ4v) is 2.85. The summed E-state index contributed by atoms with van der Waals surface area (Å²) in [5.41, 5.74) is 21.2. The van der Waals surface area contributed by atoms with Crippen molar-refractivity contribution in [1.29, 1.82) is 0 Å². The molecule has 0 saturated heterocycles. The van der Waals surface area contributed by atoms with Crippen LogP contribution in [0.3, 0.4) is 0 Å². The number of carboxylic acids is 1. The predicted molar refractivity (Wildman–Crippen MR) is 126 cm³/mol. The number of rotatable bonds is 16. The lowest BCUT2D eigenvalue weighted by Gasteiger charge is -2.27. The first-order chi connectivity index (χ1) is 16.2. The number of carboxylic acid groups (broad SMARTS) is 1. The molecule has 0 aromatic rings. The lowest BCUT2D eigenvalue weighted by atomic mass is 10.0. The van der Waals surface area contributed by atoms with Gasteiger partial charge >= 0.3 is 5.97 Å². The summed E-state index contributed by atoms with van der Waals surface area (Å²) in [6.45, 7) is 4.76. The minimum atomic E-state index is -1.42. The number of nitrogens with one attached hydrogen (secondary N) is 3. The number of aliphatic imine (C=N–C) groups is 1. The number of primary amides is 1. The third kappa shape index (κ3) is 12.5. The van der Waals surface area contributed by atoms with Crippen molar-refractivity contribution in [2.45, 2.75) is 76.7 Å². The Bertz CT molecular complexity index is 783. The second-order valence-corrected chi connectivity index (χ2v) is 8.41. The van der Waals surface area contributed by atoms with Gasteiger partial charge in [-0.05, 0) is 32.1 Å². The first kappa shape index (κ1) is 31.5. The molecule has 13 N–H and O–H groups in total. The maximum atomic E-state index is 12.9. The molecule has 0 bridgehead atoms. The molecule has 5 unspecified atom stereocenters. The molecule has 15 nitrogen and oxygen atoms in total. The molecule has 0 aromatic carbocycles. The molecule has 5 atom stereocenters. The number of amides is 4. The topological polar surface area (TPSA) is 278 Å². The van der Waals surface area contributed by atoms with Gasteiger partial charge in [-0.3, -0.25) is 24.2 Å². The highest BCUT2D eigenvalue weighted by Gasteiger charge is 2.32. The van der Waals surface area contributed by atoms with Gasteiger partial charge < -0.3 is 49.1 Å². The van der Waals surface area contributed by atoms with Crippen molar-refractivity contribution in [3.05, 3.63) is 0 Å². The van der Waals surface area contributed by atoms with Crippen molar-refractivity contribution in [3.63, 3.8) is 0 Å². The lowest BCUT2D eigenvalue weighted by molar-refractivity contribution is -0.142. The number of aliphatic hydroxyl groups excluding tert-OH is 1. The van der Waals surface area contributed by atoms with Gasteiger partial charge in [0.25, 0.3) is 0 Å². The number of aliphatic hydroxyl groups is 1. The SMILES string of the molecule is CC(C)C(NC(=O)C(N)C(C)O)C(=O)NC(CCCN=C(N)N)C(=O)NC(CCC(N)=O)C(=O)O. The molecule has 0 radical (unpaired) electrons. The molecule has 200 valence electrons. The Labute approximate surface area is 203 Å². The molecule has 0 aliphatic rings. The Balaban J connectivity index is 5.59. The van der Waals surface area contributed by atoms with Crippen LogP contribution in [0.1, 0.15) is 46.5 Å². The largest absolute Gasteiger partial charge is 0.480 e. The average Bonchev–Trinajstić information content (AvgIpc) is 2.74. The number of nitrogens with two attached hydrogens (primary N) is 4. The van der Waals surface area contributed by atoms with E-state index in [0.29, 0.717) is 0 Å². The summed E-state index contributed by atoms with van der Waals surface area (Å²) in [5.74, 6) is -5.02. The number of nitrogens with zero attached hydrogens (tertiary/aromatic N) is 1. The number of carbonyl (C=O) groups excluding carboxylic acids is 4. The van der Waals surface area contributed by atoms with E-state index in [4.69, 9.17) is 22.9 Å². The molecule has 0 saturated carbocycles. The van der Waals surface area contributed by atoms with Gasteiger partial charge in [0, 0.05) is 13.0 Å². The molecule has 0 aromatic heterocycles. The summed E-state index contributed by atoms with van der Waals surface area (Å²) in [7, 11) is 0. The third-order valence-corrected chi connectivity index (χ3v) is 4.94. The zero-order valence-corrected chi connectivity index (χ0v) is 20.2. The van der Waals surface area contributed by atoms with E-state index >= 15 is 0 Å². The summed E-state index contributed by atoms with van der Waals surface area (Å²) in [5, 5.41) is 26.1. The number of carbonyl (C=O) groups is 5. The highest BCUT2D eigenvalue weighted by molar-refractivity contribution is 5.94. The Morgan fingerprint density at radius 3 is 1.89 bits per heavy atom. The smallest absolute Gasteiger partial charge is 0.326 e. The van der Waals surface area contributed by atoms with Crippen LogP contribution < -0.4 is 38.9 Å². The Morgan fingerprint density at radius 1 is 0.857 bits per heavy atom. The van der Waals surface area contributed by atoms with Crippen LogP contribution >= 0.6 is 0 Å². The first-order valence-corrected chi connectivity index (χ1v) is 11.1. The van der Waals surface area contributed by atoms with Gasteiger partial charge in [-0.15, -0.1) is 0 Å². The van der Waals surface area contributed by atoms with Crippen LogP contribution in [0.5, 0.6) is 0 Å². The molecule has 4 amide bonds. The zero-order chi connectivity index (χ0) is 27.3. The van der Waals surface area contributed by atoms with Crippen LogP contribution in [0, 0.1) is 5.92 Å². The summed E-state index contributed by atoms with van der Waals surface area (Å²) < 4.78 is 0. The number of hydrogen-bond acceptors (Lipinski definition) is 8. The van der Waals surface area contributed by atoms with Crippen molar-refractivity contribution in [2.75, 3.05) is 6.54 Å². The normalized spacial score (nSPS) is 15.1. The van der Waals surface area contributed by atoms with Crippen LogP contribution in [0.2, 0.25) is 0 Å². The highest BCUT2D eigenvalue weighted by atomic mass is 16.4. The van der Waals surface area contributed by atoms with Gasteiger partial charge in [-0.25, -0.2) is 4.79 Å². The average molecular weight is 503 g/mol. The van der Waals surface area contributed by atoms with Crippen LogP contribution in [-0.4, -0.2) is 82.6 Å². The first-order valence-electron chi connectivity index (χ1n) is 11.1. The quantitative estimate of drug-likeness (QED) is 0.0563. The second-order valence-electron chi connectivity index (χ2n) is 8.41. The minimum absolute atomic E-state index is 0.0302. The van der Waals surface area contributed by atoms with Gasteiger partial charge in [0.2, 0.25) is 23.6 Å². The molecule has 0 spiro atoms. The molecule has 0 heterocycles. The standard InChI is InChI=1S/C20H38N8O7/c1-9(2)15(28-17(32)14(22)10(3)29)18(33)26-11(5-4-8-25-20(23)24)16(31)27-12(19(34)35)6-7-13(21)30/h9-12,14-15,29H,4-8,22H2,1-3H3,(H2,21,30)(H,26,33)(H,27,31)(H,28,32)(H,34,35)(H4,23,24,25). The Morgan fingerprint density at radius 2 is 1.43 bits per heavy atom. The van der Waals surface area contributed by atoms with Crippen molar-refractivity contribution < 1.29 is 34.2 Å². The fourth-order valence-electron chi connectivity index (χ4n) is 2.85. The summed E-state index contributed by atoms with van der Waals surface area (Å²) in [4.78, 5) is 64.3. The van der Waals surface area contributed by atoms with Crippen molar-refractivity contribution in [1.82, 2.24) is 16.0 Å². The van der Waals surface area contributed by atoms with Gasteiger partial charge in [-0.2, -0.15) is 0 Å². The number of guanidine groups is 1. The Kier molecular flexibility index (Phi) is 13.9. The maximum Gasteiger partial charge on any atom is 0.326 e. The molecule has 15 heteroatoms. The predicted octanol–water partition coefficient (Wildman–Crippen LogP) is -3.79. The zero-order valence-electron chi connectivity index (χ0n) is 20.2. The molecule has 0 rings (SSSR count). The monoisotopic (exact) mass is 502 g/mol. The maximum absolute atomic E-state index is 12.9. The second kappa shape index (κ2) is 15.4. The summed E-state index contributed by atoms with van der Waals surface area (Å²) in [6.07, 6.45) is -1.40. The van der Waals surface area contributed by atoms with E-state index in [-0.39, 0.29) is 38.2 Å². The van der Waals surface area contributed by atoms with E-state index in [1.165, 1.54) is 6.92 Å². The van der Waals surface area contributed by atoms with Crippen LogP contribution in [-0.2, 0) is 24.0 Å². The molecule has 35 heavy (non-hydrogen) atoms. The number of hydrogen-bond donors (Lipinski definition) is 9. The highest BCUT2D eigenvalue weighted by Crippen LogP contribution is 2.07. The van der Waals surface area contributed by atoms with Crippen LogP contribution in [0.25, 0.3) is 0 Å². The van der Waals surface area contributed by atoms with E-state index < -0.39 is 65.8 Å². The molecular formula is C20H38N8O7. The summed E-state index contributed by atoms with van der Waals surface area (Å²) >= 11 is 0. The van der Waals surface area contributed by atoms with E-state index in [9.17, 15) is 34.2 Å². The Hall–Kier alpha value is -3.46. The van der Waals surface area contributed by atoms with Gasteiger partial charge in [0.15, 0.2) is 5.96 Å². The van der Waals surface area contributed by atoms with E-state index in [1.807, 2.05) is 0 Å². The van der Waals surface area contributed by atoms with E-state index in [1.54, 1.807) is 13.8 Å². The van der Waals surface area contributed by atoms with Gasteiger partial charge in [0.1, 0.15) is 24.2 Å². The van der Waals surface area contributed by atoms with Crippen LogP contribution in [0.15, 0.2) is 4.99 Å². The third-order valence-electron chi connectivity index (χ3n) is 4.94. The van der Waals surface area contributed by atoms with Crippen LogP contribution in [0.4, 0.5) is 0 Å². The number of aliphatic carboxylic acids is 1. The molecule has 0 aliphatic carbocycles. The van der Waals surface area contributed by atoms with Gasteiger partial charge in [0.05, 0.1) is 6.10 Å². The van der Waals surface area contributed by atoms with Crippen molar-refractivity contribution >= 4 is 35.6 Å². The molecule has 0 fully saturated rings. The molecule has 0 aliphatic heterocycles. The van der Waals surface area contributed by atoms with Crippen molar-refractivity contribution in [3.8, 4) is 0 Å². The van der Waals surface area contributed by atoms with E-state index in [2.05, 4.69) is 20.9 Å². The van der Waals surface area contributed by atoms with Crippen molar-refractivity contribution in [2.24, 2.45) is 33.8 Å². The van der Waals surface area contributed by atoms with E-state index in [0.717, 1.165) is 0 Å². The minimum Gasteiger partial charge on any atom is -0.480 e. The summed E-state index contributed by atoms with van der Waals surface area (Å²) in [6, 6.07) is -5.01. The fraction of sp³-hybridized carbons (Fsp3) is 0.700.